The molecule has 32 heavy (non-hydrogen) atoms. The summed E-state index contributed by atoms with van der Waals surface area (Å²) in [5.74, 6) is -1.67. The standard InChI is InChI=1S/C23H25N3O6/c1-14(22(29)25-18-10-8-17(9-11-18)24-15(2)27)32-23(30)16-12-21(28)26(13-16)19-6-4-5-7-20(19)31-3/h4-11,14,16H,12-13H2,1-3H3,(H,24,27)(H,25,29)/t14-,16+/m1/s1. The Labute approximate surface area is 185 Å². The van der Waals surface area contributed by atoms with E-state index in [-0.39, 0.29) is 24.8 Å². The zero-order valence-corrected chi connectivity index (χ0v) is 18.1. The molecule has 0 bridgehead atoms. The van der Waals surface area contributed by atoms with Crippen LogP contribution in [0, 0.1) is 5.92 Å². The highest BCUT2D eigenvalue weighted by Crippen LogP contribution is 2.33. The van der Waals surface area contributed by atoms with Crippen molar-refractivity contribution in [1.82, 2.24) is 0 Å². The van der Waals surface area contributed by atoms with Gasteiger partial charge in [0.15, 0.2) is 6.10 Å². The number of amides is 3. The average molecular weight is 439 g/mol. The minimum absolute atomic E-state index is 0.00414. The van der Waals surface area contributed by atoms with Crippen molar-refractivity contribution < 1.29 is 28.7 Å². The maximum absolute atomic E-state index is 12.6. The number of nitrogens with one attached hydrogen (secondary N) is 2. The summed E-state index contributed by atoms with van der Waals surface area (Å²) >= 11 is 0. The molecule has 2 aromatic carbocycles. The smallest absolute Gasteiger partial charge is 0.312 e. The van der Waals surface area contributed by atoms with Gasteiger partial charge in [0, 0.05) is 31.3 Å². The van der Waals surface area contributed by atoms with Crippen molar-refractivity contribution in [3.05, 3.63) is 48.5 Å². The quantitative estimate of drug-likeness (QED) is 0.641. The van der Waals surface area contributed by atoms with Gasteiger partial charge in [0.25, 0.3) is 5.91 Å². The van der Waals surface area contributed by atoms with Crippen LogP contribution in [0.25, 0.3) is 0 Å². The Hall–Kier alpha value is -3.88. The van der Waals surface area contributed by atoms with Crippen LogP contribution in [-0.4, -0.2) is 43.4 Å². The summed E-state index contributed by atoms with van der Waals surface area (Å²) in [6.45, 7) is 3.02. The summed E-state index contributed by atoms with van der Waals surface area (Å²) in [6, 6.07) is 13.6. The van der Waals surface area contributed by atoms with E-state index in [2.05, 4.69) is 10.6 Å². The van der Waals surface area contributed by atoms with Gasteiger partial charge in [0.05, 0.1) is 18.7 Å². The maximum atomic E-state index is 12.6. The van der Waals surface area contributed by atoms with Gasteiger partial charge in [0.1, 0.15) is 5.75 Å². The van der Waals surface area contributed by atoms with E-state index in [0.717, 1.165) is 0 Å². The van der Waals surface area contributed by atoms with Crippen molar-refractivity contribution in [1.29, 1.82) is 0 Å². The van der Waals surface area contributed by atoms with Gasteiger partial charge in [-0.25, -0.2) is 0 Å². The van der Waals surface area contributed by atoms with Crippen LogP contribution in [0.4, 0.5) is 17.1 Å². The van der Waals surface area contributed by atoms with E-state index in [9.17, 15) is 19.2 Å². The Morgan fingerprint density at radius 1 is 1.03 bits per heavy atom. The topological polar surface area (TPSA) is 114 Å². The van der Waals surface area contributed by atoms with Crippen molar-refractivity contribution in [2.24, 2.45) is 5.92 Å². The summed E-state index contributed by atoms with van der Waals surface area (Å²) in [4.78, 5) is 50.0. The molecule has 2 atom stereocenters. The van der Waals surface area contributed by atoms with Crippen molar-refractivity contribution in [3.8, 4) is 5.75 Å². The molecule has 1 aliphatic heterocycles. The summed E-state index contributed by atoms with van der Waals surface area (Å²) < 4.78 is 10.6. The molecule has 1 fully saturated rings. The van der Waals surface area contributed by atoms with E-state index in [4.69, 9.17) is 9.47 Å². The van der Waals surface area contributed by atoms with Crippen molar-refractivity contribution in [2.45, 2.75) is 26.4 Å². The lowest BCUT2D eigenvalue weighted by Gasteiger charge is -2.20. The molecule has 0 aromatic heterocycles. The molecular formula is C23H25N3O6. The third-order valence-electron chi connectivity index (χ3n) is 4.97. The number of rotatable bonds is 7. The fourth-order valence-corrected chi connectivity index (χ4v) is 3.36. The highest BCUT2D eigenvalue weighted by atomic mass is 16.5. The second-order valence-electron chi connectivity index (χ2n) is 7.40. The molecule has 9 nitrogen and oxygen atoms in total. The molecule has 3 rings (SSSR count). The van der Waals surface area contributed by atoms with Crippen LogP contribution in [0.1, 0.15) is 20.3 Å². The number of carbonyl (C=O) groups excluding carboxylic acids is 4. The molecule has 3 amide bonds. The Kier molecular flexibility index (Phi) is 7.09. The molecule has 2 N–H and O–H groups in total. The van der Waals surface area contributed by atoms with Gasteiger partial charge < -0.3 is 25.0 Å². The number of esters is 1. The fraction of sp³-hybridized carbons (Fsp3) is 0.304. The zero-order chi connectivity index (χ0) is 23.3. The first kappa shape index (κ1) is 22.8. The van der Waals surface area contributed by atoms with Gasteiger partial charge in [-0.2, -0.15) is 0 Å². The Morgan fingerprint density at radius 3 is 2.28 bits per heavy atom. The first-order valence-electron chi connectivity index (χ1n) is 10.1. The third kappa shape index (κ3) is 5.42. The highest BCUT2D eigenvalue weighted by Gasteiger charge is 2.38. The Balaban J connectivity index is 1.56. The van der Waals surface area contributed by atoms with Crippen molar-refractivity contribution in [2.75, 3.05) is 29.2 Å². The van der Waals surface area contributed by atoms with Crippen LogP contribution < -0.4 is 20.3 Å². The number of carbonyl (C=O) groups is 4. The lowest BCUT2D eigenvalue weighted by atomic mass is 10.1. The average Bonchev–Trinajstić information content (AvgIpc) is 3.16. The molecule has 0 saturated carbocycles. The van der Waals surface area contributed by atoms with E-state index < -0.39 is 23.9 Å². The van der Waals surface area contributed by atoms with Gasteiger partial charge in [-0.05, 0) is 43.3 Å². The molecule has 0 unspecified atom stereocenters. The van der Waals surface area contributed by atoms with Crippen LogP contribution in [0.5, 0.6) is 5.75 Å². The number of anilines is 3. The third-order valence-corrected chi connectivity index (χ3v) is 4.97. The number of hydrogen-bond donors (Lipinski definition) is 2. The number of methoxy groups -OCH3 is 1. The van der Waals surface area contributed by atoms with Crippen LogP contribution in [0.3, 0.4) is 0 Å². The molecule has 168 valence electrons. The summed E-state index contributed by atoms with van der Waals surface area (Å²) in [6.07, 6.45) is -1.05. The minimum Gasteiger partial charge on any atom is -0.495 e. The van der Waals surface area contributed by atoms with E-state index >= 15 is 0 Å². The number of hydrogen-bond acceptors (Lipinski definition) is 6. The van der Waals surface area contributed by atoms with Crippen molar-refractivity contribution >= 4 is 40.8 Å². The van der Waals surface area contributed by atoms with Crippen LogP contribution in [0.15, 0.2) is 48.5 Å². The molecule has 9 heteroatoms. The number of benzene rings is 2. The monoisotopic (exact) mass is 439 g/mol. The van der Waals surface area contributed by atoms with E-state index in [1.54, 1.807) is 48.5 Å². The SMILES string of the molecule is COc1ccccc1N1C[C@@H](C(=O)O[C@H](C)C(=O)Nc2ccc(NC(C)=O)cc2)CC1=O. The van der Waals surface area contributed by atoms with Crippen LogP contribution in [-0.2, 0) is 23.9 Å². The molecule has 1 heterocycles. The van der Waals surface area contributed by atoms with Gasteiger partial charge in [-0.15, -0.1) is 0 Å². The zero-order valence-electron chi connectivity index (χ0n) is 18.1. The predicted octanol–water partition coefficient (Wildman–Crippen LogP) is 2.58. The number of nitrogens with zero attached hydrogens (tertiary/aromatic N) is 1. The summed E-state index contributed by atoms with van der Waals surface area (Å²) in [5, 5.41) is 5.29. The molecule has 1 saturated heterocycles. The first-order chi connectivity index (χ1) is 15.3. The number of para-hydroxylation sites is 2. The highest BCUT2D eigenvalue weighted by molar-refractivity contribution is 6.01. The Morgan fingerprint density at radius 2 is 1.66 bits per heavy atom. The molecular weight excluding hydrogens is 414 g/mol. The molecule has 0 aliphatic carbocycles. The largest absolute Gasteiger partial charge is 0.495 e. The predicted molar refractivity (Wildman–Crippen MR) is 118 cm³/mol. The number of ether oxygens (including phenoxy) is 2. The molecule has 0 radical (unpaired) electrons. The van der Waals surface area contributed by atoms with Crippen molar-refractivity contribution in [3.63, 3.8) is 0 Å². The second kappa shape index (κ2) is 9.95. The maximum Gasteiger partial charge on any atom is 0.312 e. The molecule has 2 aromatic rings. The first-order valence-corrected chi connectivity index (χ1v) is 10.1. The summed E-state index contributed by atoms with van der Waals surface area (Å²) in [7, 11) is 1.51. The Bertz CT molecular complexity index is 1020. The summed E-state index contributed by atoms with van der Waals surface area (Å²) in [5.41, 5.74) is 1.68. The second-order valence-corrected chi connectivity index (χ2v) is 7.40. The van der Waals surface area contributed by atoms with Gasteiger partial charge in [-0.3, -0.25) is 19.2 Å². The lowest BCUT2D eigenvalue weighted by Crippen LogP contribution is -2.33. The lowest BCUT2D eigenvalue weighted by molar-refractivity contribution is -0.157. The van der Waals surface area contributed by atoms with Crippen LogP contribution >= 0.6 is 0 Å². The van der Waals surface area contributed by atoms with E-state index in [1.165, 1.54) is 25.9 Å². The van der Waals surface area contributed by atoms with Gasteiger partial charge in [0.2, 0.25) is 11.8 Å². The van der Waals surface area contributed by atoms with E-state index in [1.807, 2.05) is 0 Å². The normalized spacial score (nSPS) is 16.3. The van der Waals surface area contributed by atoms with E-state index in [0.29, 0.717) is 22.8 Å². The molecule has 1 aliphatic rings. The van der Waals surface area contributed by atoms with Crippen LogP contribution in [0.2, 0.25) is 0 Å². The fourth-order valence-electron chi connectivity index (χ4n) is 3.36. The molecule has 0 spiro atoms. The minimum atomic E-state index is -1.05. The van der Waals surface area contributed by atoms with Gasteiger partial charge in [-0.1, -0.05) is 12.1 Å². The van der Waals surface area contributed by atoms with Gasteiger partial charge >= 0.3 is 5.97 Å².